The van der Waals surface area contributed by atoms with Crippen LogP contribution in [0.25, 0.3) is 0 Å². The average molecular weight is 288 g/mol. The molecule has 1 rings (SSSR count). The van der Waals surface area contributed by atoms with Gasteiger partial charge in [-0.3, -0.25) is 4.21 Å². The second-order valence-corrected chi connectivity index (χ2v) is 6.39. The molecule has 2 nitrogen and oxygen atoms in total. The maximum atomic E-state index is 12.1. The van der Waals surface area contributed by atoms with E-state index in [1.165, 1.54) is 25.7 Å². The molecule has 102 valence electrons. The van der Waals surface area contributed by atoms with Crippen molar-refractivity contribution in [2.45, 2.75) is 50.3 Å². The molecule has 2 N–H and O–H groups in total. The van der Waals surface area contributed by atoms with E-state index in [9.17, 15) is 4.21 Å². The average Bonchev–Trinajstić information content (AvgIpc) is 2.33. The Morgan fingerprint density at radius 3 is 2.50 bits per heavy atom. The molecule has 0 bridgehead atoms. The molecule has 0 heterocycles. The molecule has 0 radical (unpaired) electrons. The van der Waals surface area contributed by atoms with Crippen molar-refractivity contribution < 1.29 is 4.21 Å². The summed E-state index contributed by atoms with van der Waals surface area (Å²) in [6.07, 6.45) is 7.15. The molecule has 0 aliphatic rings. The highest BCUT2D eigenvalue weighted by atomic mass is 35.5. The van der Waals surface area contributed by atoms with E-state index in [2.05, 4.69) is 6.92 Å². The first kappa shape index (κ1) is 15.5. The fraction of sp³-hybridized carbons (Fsp3) is 0.571. The Hall–Kier alpha value is -0.540. The summed E-state index contributed by atoms with van der Waals surface area (Å²) in [5, 5.41) is 0.513. The lowest BCUT2D eigenvalue weighted by molar-refractivity contribution is 0.622. The molecule has 0 spiro atoms. The van der Waals surface area contributed by atoms with Gasteiger partial charge in [0.05, 0.1) is 20.7 Å². The van der Waals surface area contributed by atoms with Gasteiger partial charge in [-0.25, -0.2) is 0 Å². The van der Waals surface area contributed by atoms with Gasteiger partial charge in [-0.2, -0.15) is 0 Å². The van der Waals surface area contributed by atoms with Gasteiger partial charge in [-0.05, 0) is 18.6 Å². The molecule has 0 amide bonds. The smallest absolute Gasteiger partial charge is 0.0803 e. The molecular formula is C14H22ClNOS. The van der Waals surface area contributed by atoms with Crippen molar-refractivity contribution in [2.75, 3.05) is 11.5 Å². The zero-order valence-electron chi connectivity index (χ0n) is 11.0. The molecule has 1 atom stereocenters. The van der Waals surface area contributed by atoms with Crippen molar-refractivity contribution in [1.82, 2.24) is 0 Å². The van der Waals surface area contributed by atoms with Crippen LogP contribution in [0.15, 0.2) is 23.1 Å². The van der Waals surface area contributed by atoms with E-state index in [1.54, 1.807) is 18.2 Å². The van der Waals surface area contributed by atoms with Crippen LogP contribution in [0.1, 0.15) is 45.4 Å². The van der Waals surface area contributed by atoms with Crippen molar-refractivity contribution in [3.05, 3.63) is 23.2 Å². The molecule has 1 unspecified atom stereocenters. The topological polar surface area (TPSA) is 43.1 Å². The number of rotatable bonds is 8. The largest absolute Gasteiger partial charge is 0.398 e. The normalized spacial score (nSPS) is 12.6. The summed E-state index contributed by atoms with van der Waals surface area (Å²) in [5.74, 6) is 0.653. The highest BCUT2D eigenvalue weighted by Gasteiger charge is 2.11. The van der Waals surface area contributed by atoms with Crippen LogP contribution in [0.4, 0.5) is 5.69 Å². The predicted molar refractivity (Wildman–Crippen MR) is 80.5 cm³/mol. The third-order valence-electron chi connectivity index (χ3n) is 2.91. The highest BCUT2D eigenvalue weighted by molar-refractivity contribution is 7.85. The van der Waals surface area contributed by atoms with Crippen LogP contribution >= 0.6 is 11.6 Å². The van der Waals surface area contributed by atoms with E-state index in [4.69, 9.17) is 17.3 Å². The van der Waals surface area contributed by atoms with E-state index in [-0.39, 0.29) is 0 Å². The Morgan fingerprint density at radius 1 is 1.17 bits per heavy atom. The molecule has 0 aromatic heterocycles. The van der Waals surface area contributed by atoms with Gasteiger partial charge in [-0.15, -0.1) is 0 Å². The first-order valence-electron chi connectivity index (χ1n) is 6.59. The number of nitrogens with two attached hydrogens (primary N) is 1. The first-order valence-corrected chi connectivity index (χ1v) is 8.29. The van der Waals surface area contributed by atoms with Crippen LogP contribution in [0.2, 0.25) is 5.02 Å². The Morgan fingerprint density at radius 2 is 1.83 bits per heavy atom. The molecule has 0 aliphatic carbocycles. The summed E-state index contributed by atoms with van der Waals surface area (Å²) in [6, 6.07) is 5.27. The van der Waals surface area contributed by atoms with Crippen LogP contribution < -0.4 is 5.73 Å². The number of benzene rings is 1. The summed E-state index contributed by atoms with van der Waals surface area (Å²) >= 11 is 6.03. The molecule has 0 saturated carbocycles. The fourth-order valence-corrected chi connectivity index (χ4v) is 3.61. The Labute approximate surface area is 117 Å². The van der Waals surface area contributed by atoms with Crippen LogP contribution in [0.3, 0.4) is 0 Å². The van der Waals surface area contributed by atoms with E-state index in [1.807, 2.05) is 0 Å². The lowest BCUT2D eigenvalue weighted by Gasteiger charge is -2.07. The summed E-state index contributed by atoms with van der Waals surface area (Å²) in [5.41, 5.74) is 6.35. The molecular weight excluding hydrogens is 266 g/mol. The molecule has 0 aliphatic heterocycles. The summed E-state index contributed by atoms with van der Waals surface area (Å²) < 4.78 is 12.1. The fourth-order valence-electron chi connectivity index (χ4n) is 1.88. The number of nitrogen functional groups attached to an aromatic ring is 1. The number of hydrogen-bond acceptors (Lipinski definition) is 2. The van der Waals surface area contributed by atoms with Gasteiger partial charge in [0.1, 0.15) is 0 Å². The zero-order chi connectivity index (χ0) is 13.4. The molecule has 1 aromatic rings. The molecule has 4 heteroatoms. The standard InChI is InChI=1S/C14H22ClNOS/c1-2-3-4-5-6-7-11-18(17)14-12(15)9-8-10-13(14)16/h8-10H,2-7,11,16H2,1H3. The van der Waals surface area contributed by atoms with Gasteiger partial charge in [-0.1, -0.05) is 56.7 Å². The Bertz CT molecular complexity index is 375. The second kappa shape index (κ2) is 8.54. The minimum Gasteiger partial charge on any atom is -0.398 e. The van der Waals surface area contributed by atoms with E-state index < -0.39 is 10.8 Å². The highest BCUT2D eigenvalue weighted by Crippen LogP contribution is 2.26. The Balaban J connectivity index is 2.37. The summed E-state index contributed by atoms with van der Waals surface area (Å²) in [4.78, 5) is 0.604. The third kappa shape index (κ3) is 4.99. The third-order valence-corrected chi connectivity index (χ3v) is 4.91. The van der Waals surface area contributed by atoms with Crippen molar-refractivity contribution in [1.29, 1.82) is 0 Å². The number of anilines is 1. The quantitative estimate of drug-likeness (QED) is 0.569. The molecule has 1 aromatic carbocycles. The van der Waals surface area contributed by atoms with Crippen LogP contribution in [0, 0.1) is 0 Å². The van der Waals surface area contributed by atoms with Crippen molar-refractivity contribution >= 4 is 28.1 Å². The van der Waals surface area contributed by atoms with Gasteiger partial charge in [0, 0.05) is 11.4 Å². The van der Waals surface area contributed by atoms with Crippen LogP contribution in [0.5, 0.6) is 0 Å². The molecule has 0 fully saturated rings. The predicted octanol–water partition coefficient (Wildman–Crippen LogP) is 4.39. The van der Waals surface area contributed by atoms with Crippen molar-refractivity contribution in [2.24, 2.45) is 0 Å². The lowest BCUT2D eigenvalue weighted by atomic mass is 10.1. The second-order valence-electron chi connectivity index (χ2n) is 4.48. The van der Waals surface area contributed by atoms with E-state index >= 15 is 0 Å². The number of unbranched alkanes of at least 4 members (excludes halogenated alkanes) is 5. The lowest BCUT2D eigenvalue weighted by Crippen LogP contribution is -2.03. The van der Waals surface area contributed by atoms with Gasteiger partial charge >= 0.3 is 0 Å². The SMILES string of the molecule is CCCCCCCCS(=O)c1c(N)cccc1Cl. The van der Waals surface area contributed by atoms with E-state index in [0.29, 0.717) is 21.4 Å². The van der Waals surface area contributed by atoms with Gasteiger partial charge in [0.15, 0.2) is 0 Å². The zero-order valence-corrected chi connectivity index (χ0v) is 12.5. The van der Waals surface area contributed by atoms with Crippen molar-refractivity contribution in [3.8, 4) is 0 Å². The minimum absolute atomic E-state index is 0.513. The van der Waals surface area contributed by atoms with Crippen LogP contribution in [-0.4, -0.2) is 9.96 Å². The monoisotopic (exact) mass is 287 g/mol. The van der Waals surface area contributed by atoms with Crippen molar-refractivity contribution in [3.63, 3.8) is 0 Å². The maximum Gasteiger partial charge on any atom is 0.0803 e. The minimum atomic E-state index is -1.07. The first-order chi connectivity index (χ1) is 8.66. The molecule has 18 heavy (non-hydrogen) atoms. The summed E-state index contributed by atoms with van der Waals surface area (Å²) in [6.45, 7) is 2.20. The van der Waals surface area contributed by atoms with Gasteiger partial charge in [0.25, 0.3) is 0 Å². The number of halogens is 1. The number of hydrogen-bond donors (Lipinski definition) is 1. The van der Waals surface area contributed by atoms with E-state index in [0.717, 1.165) is 12.8 Å². The summed E-state index contributed by atoms with van der Waals surface area (Å²) in [7, 11) is -1.07. The molecule has 0 saturated heterocycles. The van der Waals surface area contributed by atoms with Gasteiger partial charge < -0.3 is 5.73 Å². The van der Waals surface area contributed by atoms with Gasteiger partial charge in [0.2, 0.25) is 0 Å². The van der Waals surface area contributed by atoms with Crippen LogP contribution in [-0.2, 0) is 10.8 Å². The Kier molecular flexibility index (Phi) is 7.36. The maximum absolute atomic E-state index is 12.1.